The van der Waals surface area contributed by atoms with E-state index in [1.165, 1.54) is 6.92 Å². The minimum Gasteiger partial charge on any atom is -0.861 e. The molecule has 0 unspecified atom stereocenters. The van der Waals surface area contributed by atoms with Crippen LogP contribution in [0, 0.1) is 0 Å². The van der Waals surface area contributed by atoms with Gasteiger partial charge in [-0.15, -0.1) is 0 Å². The molecule has 2 rings (SSSR count). The summed E-state index contributed by atoms with van der Waals surface area (Å²) in [4.78, 5) is 11.9. The largest absolute Gasteiger partial charge is 1.00 e. The smallest absolute Gasteiger partial charge is 0.861 e. The Balaban J connectivity index is 0.00000144. The van der Waals surface area contributed by atoms with Crippen molar-refractivity contribution in [3.63, 3.8) is 0 Å². The van der Waals surface area contributed by atoms with E-state index in [9.17, 15) is 9.90 Å². The first kappa shape index (κ1) is 16.9. The van der Waals surface area contributed by atoms with E-state index in [4.69, 9.17) is 0 Å². The Hall–Kier alpha value is -1.11. The fourth-order valence-corrected chi connectivity index (χ4v) is 1.41. The number of carbonyl (C=O) groups is 1. The number of para-hydroxylation sites is 1. The van der Waals surface area contributed by atoms with Crippen LogP contribution >= 0.6 is 0 Å². The quantitative estimate of drug-likeness (QED) is 0.296. The second kappa shape index (κ2) is 6.73. The summed E-state index contributed by atoms with van der Waals surface area (Å²) < 4.78 is 0. The molecule has 0 bridgehead atoms. The van der Waals surface area contributed by atoms with Gasteiger partial charge in [0.25, 0.3) is 5.91 Å². The molecule has 0 saturated carbocycles. The molecule has 0 aliphatic carbocycles. The molecule has 1 aliphatic rings. The zero-order chi connectivity index (χ0) is 11.7. The minimum atomic E-state index is -0.468. The molecule has 2 radical (unpaired) electrons. The summed E-state index contributed by atoms with van der Waals surface area (Å²) in [5, 5.41) is 19.4. The number of amides is 1. The molecule has 1 amide bonds. The van der Waals surface area contributed by atoms with Crippen molar-refractivity contribution < 1.29 is 28.8 Å². The van der Waals surface area contributed by atoms with Crippen LogP contribution in [0.2, 0.25) is 0 Å². The monoisotopic (exact) mass is 229 g/mol. The fourth-order valence-electron chi connectivity index (χ4n) is 1.41. The Morgan fingerprint density at radius 2 is 2.06 bits per heavy atom. The van der Waals surface area contributed by atoms with Crippen molar-refractivity contribution in [2.75, 3.05) is 0 Å². The van der Waals surface area contributed by atoms with Crippen molar-refractivity contribution in [3.05, 3.63) is 42.2 Å². The molecular weight excluding hydrogens is 220 g/mol. The third kappa shape index (κ3) is 3.22. The zero-order valence-corrected chi connectivity index (χ0v) is 10.7. The third-order valence-corrected chi connectivity index (χ3v) is 2.06. The summed E-state index contributed by atoms with van der Waals surface area (Å²) >= 11 is 0. The summed E-state index contributed by atoms with van der Waals surface area (Å²) in [7, 11) is 0. The second-order valence-electron chi connectivity index (χ2n) is 3.28. The molecule has 0 spiro atoms. The molecule has 18 heavy (non-hydrogen) atoms. The molecule has 82 valence electrons. The number of nitrogens with zero attached hydrogens (tertiary/aromatic N) is 3. The molecule has 7 heteroatoms. The van der Waals surface area contributed by atoms with Crippen molar-refractivity contribution in [1.29, 1.82) is 0 Å². The third-order valence-electron chi connectivity index (χ3n) is 2.06. The van der Waals surface area contributed by atoms with Crippen LogP contribution in [0.4, 0.5) is 5.69 Å². The van der Waals surface area contributed by atoms with Gasteiger partial charge in [0, 0.05) is 18.9 Å². The molecule has 0 N–H and O–H groups in total. The number of hydrogen-bond donors (Lipinski definition) is 0. The van der Waals surface area contributed by atoms with E-state index in [-0.39, 0.29) is 49.4 Å². The molecule has 1 heterocycles. The Morgan fingerprint density at radius 3 is 2.67 bits per heavy atom. The van der Waals surface area contributed by atoms with Crippen LogP contribution in [0.5, 0.6) is 0 Å². The van der Waals surface area contributed by atoms with Crippen LogP contribution in [0.15, 0.2) is 41.8 Å². The van der Waals surface area contributed by atoms with Gasteiger partial charge in [-0.3, -0.25) is 4.79 Å². The normalized spacial score (nSPS) is 14.1. The van der Waals surface area contributed by atoms with E-state index in [0.29, 0.717) is 11.3 Å². The number of hydrogen-bond acceptors (Lipinski definition) is 3. The van der Waals surface area contributed by atoms with Crippen LogP contribution in [-0.2, 0) is 0 Å². The van der Waals surface area contributed by atoms with Gasteiger partial charge >= 0.3 is 18.9 Å². The molecule has 0 aromatic heterocycles. The SMILES string of the molecule is C=C1[N]c2ccccc2C(=O)N1N=C(C)[O-].[Li+].[Li]. The maximum absolute atomic E-state index is 11.9. The molecule has 0 fully saturated rings. The van der Waals surface area contributed by atoms with Gasteiger partial charge in [-0.05, 0) is 25.0 Å². The Bertz CT molecular complexity index is 499. The van der Waals surface area contributed by atoms with Gasteiger partial charge in [0.1, 0.15) is 0 Å². The molecule has 0 atom stereocenters. The van der Waals surface area contributed by atoms with Crippen LogP contribution in [0.25, 0.3) is 0 Å². The van der Waals surface area contributed by atoms with E-state index < -0.39 is 5.90 Å². The van der Waals surface area contributed by atoms with E-state index in [2.05, 4.69) is 17.0 Å². The van der Waals surface area contributed by atoms with Gasteiger partial charge < -0.3 is 5.11 Å². The van der Waals surface area contributed by atoms with Crippen molar-refractivity contribution in [1.82, 2.24) is 10.3 Å². The summed E-state index contributed by atoms with van der Waals surface area (Å²) in [6.07, 6.45) is 0. The zero-order valence-electron chi connectivity index (χ0n) is 10.7. The number of rotatable bonds is 1. The average Bonchev–Trinajstić information content (AvgIpc) is 2.24. The van der Waals surface area contributed by atoms with E-state index in [0.717, 1.165) is 5.01 Å². The maximum Gasteiger partial charge on any atom is 1.00 e. The number of carbonyl (C=O) groups excluding carboxylic acids is 1. The van der Waals surface area contributed by atoms with Crippen LogP contribution in [-0.4, -0.2) is 35.7 Å². The topological polar surface area (TPSA) is 69.8 Å². The van der Waals surface area contributed by atoms with Gasteiger partial charge in [0.15, 0.2) is 5.82 Å². The van der Waals surface area contributed by atoms with Gasteiger partial charge in [0.05, 0.1) is 11.3 Å². The first-order chi connectivity index (χ1) is 7.59. The Morgan fingerprint density at radius 1 is 1.44 bits per heavy atom. The summed E-state index contributed by atoms with van der Waals surface area (Å²) in [6.45, 7) is 4.86. The van der Waals surface area contributed by atoms with Gasteiger partial charge in [0.2, 0.25) is 0 Å². The van der Waals surface area contributed by atoms with Gasteiger partial charge in [-0.2, -0.15) is 10.1 Å². The Kier molecular flexibility index (Phi) is 6.31. The maximum atomic E-state index is 11.9. The number of benzene rings is 1. The minimum absolute atomic E-state index is 0. The number of fused-ring (bicyclic) bond motifs is 1. The molecule has 1 aliphatic heterocycles. The predicted molar refractivity (Wildman–Crippen MR) is 62.4 cm³/mol. The summed E-state index contributed by atoms with van der Waals surface area (Å²) in [6, 6.07) is 6.85. The standard InChI is InChI=1S/C11H10N3O2.2Li/c1-7-12-10-6-4-3-5-9(10)11(16)14(7)13-8(2)15;;/h3-6H,1H2,2H3,(H,13,15);;/q;;+1/p-1. The molecule has 1 aromatic rings. The average molecular weight is 229 g/mol. The van der Waals surface area contributed by atoms with Gasteiger partial charge in [-0.25, -0.2) is 5.32 Å². The van der Waals surface area contributed by atoms with E-state index >= 15 is 0 Å². The first-order valence-electron chi connectivity index (χ1n) is 4.66. The second-order valence-corrected chi connectivity index (χ2v) is 3.28. The van der Waals surface area contributed by atoms with Gasteiger partial charge in [-0.1, -0.05) is 18.7 Å². The van der Waals surface area contributed by atoms with Crippen LogP contribution < -0.4 is 29.3 Å². The van der Waals surface area contributed by atoms with Crippen molar-refractivity contribution >= 4 is 36.4 Å². The molecule has 0 saturated heterocycles. The predicted octanol–water partition coefficient (Wildman–Crippen LogP) is -2.83. The van der Waals surface area contributed by atoms with Crippen molar-refractivity contribution in [2.45, 2.75) is 6.92 Å². The fraction of sp³-hybridized carbons (Fsp3) is 0.0909. The molecule has 1 aromatic carbocycles. The van der Waals surface area contributed by atoms with Crippen molar-refractivity contribution in [3.8, 4) is 0 Å². The number of hydrazone groups is 1. The first-order valence-corrected chi connectivity index (χ1v) is 4.66. The molecular formula is C11H9Li2N3O2. The van der Waals surface area contributed by atoms with E-state index in [1.807, 2.05) is 0 Å². The van der Waals surface area contributed by atoms with Crippen LogP contribution in [0.3, 0.4) is 0 Å². The van der Waals surface area contributed by atoms with E-state index in [1.54, 1.807) is 24.3 Å². The summed E-state index contributed by atoms with van der Waals surface area (Å²) in [5.41, 5.74) is 0.965. The van der Waals surface area contributed by atoms with Crippen molar-refractivity contribution in [2.24, 2.45) is 5.10 Å². The van der Waals surface area contributed by atoms with Crippen LogP contribution in [0.1, 0.15) is 17.3 Å². The summed E-state index contributed by atoms with van der Waals surface area (Å²) in [5.74, 6) is -0.700. The Labute approximate surface area is 129 Å². The molecule has 5 nitrogen and oxygen atoms in total.